The summed E-state index contributed by atoms with van der Waals surface area (Å²) in [6, 6.07) is 0. The minimum Gasteiger partial charge on any atom is -0.379 e. The lowest BCUT2D eigenvalue weighted by molar-refractivity contribution is 0.0398. The standard InChI is InChI=1S/C19H29ClN8O2.C18H26Cl2N8O2.C6H13N/c1-14-23-17(21-2-4-27-6-10-29-11-7-27)15-18(24-14)26-19(16(20)25-15)22-3-5-28-8-12-30-13-9-28;19-14-17(22-2-4-28-7-11-30-12-8-28)24-16-13(23-14)15(25-18(20)26-16)21-1-3-27-5-9-29-10-6-27;1-7-5-3-2-4-6-7/h2-13H2,1H3,(H2,21,22,23,24,26);1-12H2,(H2,21,22,24,25,26);2-6H2,1H3. The molecular formula is C43H68Cl3N17O4. The summed E-state index contributed by atoms with van der Waals surface area (Å²) in [6.45, 7) is 24.7. The maximum Gasteiger partial charge on any atom is 0.226 e. The number of rotatable bonds is 16. The topological polar surface area (TPSA) is 204 Å². The molecular weight excluding hydrogens is 925 g/mol. The molecule has 24 heteroatoms. The molecule has 0 saturated carbocycles. The van der Waals surface area contributed by atoms with Crippen molar-refractivity contribution >= 4 is 80.4 Å². The van der Waals surface area contributed by atoms with Crippen LogP contribution < -0.4 is 21.3 Å². The van der Waals surface area contributed by atoms with Gasteiger partial charge in [0.2, 0.25) is 5.28 Å². The van der Waals surface area contributed by atoms with Crippen LogP contribution >= 0.6 is 34.8 Å². The number of halogens is 3. The lowest BCUT2D eigenvalue weighted by Gasteiger charge is -2.26. The molecule has 67 heavy (non-hydrogen) atoms. The Bertz CT molecular complexity index is 1970. The summed E-state index contributed by atoms with van der Waals surface area (Å²) >= 11 is 18.9. The first kappa shape index (κ1) is 51.4. The number of likely N-dealkylation sites (tertiary alicyclic amines) is 1. The molecule has 0 atom stereocenters. The number of hydrogen-bond acceptors (Lipinski definition) is 21. The Morgan fingerprint density at radius 2 is 0.776 bits per heavy atom. The van der Waals surface area contributed by atoms with Gasteiger partial charge in [-0.25, -0.2) is 29.9 Å². The quantitative estimate of drug-likeness (QED) is 0.119. The van der Waals surface area contributed by atoms with E-state index in [0.717, 1.165) is 144 Å². The predicted molar refractivity (Wildman–Crippen MR) is 264 cm³/mol. The van der Waals surface area contributed by atoms with Crippen molar-refractivity contribution in [2.45, 2.75) is 26.2 Å². The van der Waals surface area contributed by atoms with E-state index in [9.17, 15) is 0 Å². The van der Waals surface area contributed by atoms with Crippen molar-refractivity contribution in [1.82, 2.24) is 64.4 Å². The second-order valence-corrected chi connectivity index (χ2v) is 18.0. The first-order chi connectivity index (χ1) is 32.8. The lowest BCUT2D eigenvalue weighted by atomic mass is 10.1. The Labute approximate surface area is 408 Å². The molecule has 0 spiro atoms. The van der Waals surface area contributed by atoms with Crippen LogP contribution in [0.25, 0.3) is 22.3 Å². The molecule has 0 radical (unpaired) electrons. The van der Waals surface area contributed by atoms with Crippen molar-refractivity contribution in [2.24, 2.45) is 0 Å². The third-order valence-corrected chi connectivity index (χ3v) is 12.6. The van der Waals surface area contributed by atoms with Crippen molar-refractivity contribution < 1.29 is 18.9 Å². The van der Waals surface area contributed by atoms with Crippen LogP contribution in [-0.2, 0) is 18.9 Å². The van der Waals surface area contributed by atoms with Gasteiger partial charge in [0.05, 0.1) is 52.9 Å². The number of anilines is 4. The van der Waals surface area contributed by atoms with Gasteiger partial charge in [0.25, 0.3) is 0 Å². The monoisotopic (exact) mass is 991 g/mol. The van der Waals surface area contributed by atoms with Gasteiger partial charge in [0.1, 0.15) is 5.82 Å². The van der Waals surface area contributed by atoms with Crippen LogP contribution in [-0.4, -0.2) is 242 Å². The third-order valence-electron chi connectivity index (χ3n) is 11.9. The Kier molecular flexibility index (Phi) is 21.2. The average molecular weight is 993 g/mol. The molecule has 5 fully saturated rings. The van der Waals surface area contributed by atoms with Crippen molar-refractivity contribution in [3.63, 3.8) is 0 Å². The van der Waals surface area contributed by atoms with E-state index >= 15 is 0 Å². The van der Waals surface area contributed by atoms with Crippen molar-refractivity contribution in [1.29, 1.82) is 0 Å². The summed E-state index contributed by atoms with van der Waals surface area (Å²) in [5, 5.41) is 13.9. The summed E-state index contributed by atoms with van der Waals surface area (Å²) in [5.74, 6) is 2.89. The first-order valence-corrected chi connectivity index (χ1v) is 24.9. The molecule has 5 aliphatic rings. The summed E-state index contributed by atoms with van der Waals surface area (Å²) in [7, 11) is 2.19. The number of fused-ring (bicyclic) bond motifs is 2. The zero-order valence-corrected chi connectivity index (χ0v) is 41.4. The molecule has 4 aromatic heterocycles. The third kappa shape index (κ3) is 16.9. The maximum atomic E-state index is 6.42. The molecule has 0 amide bonds. The van der Waals surface area contributed by atoms with Crippen LogP contribution in [0, 0.1) is 6.92 Å². The summed E-state index contributed by atoms with van der Waals surface area (Å²) in [4.78, 5) is 47.4. The first-order valence-electron chi connectivity index (χ1n) is 23.7. The van der Waals surface area contributed by atoms with Crippen LogP contribution in [0.4, 0.5) is 23.3 Å². The van der Waals surface area contributed by atoms with Gasteiger partial charge < -0.3 is 45.1 Å². The largest absolute Gasteiger partial charge is 0.379 e. The molecule has 21 nitrogen and oxygen atoms in total. The molecule has 370 valence electrons. The molecule has 9 heterocycles. The Morgan fingerprint density at radius 3 is 1.15 bits per heavy atom. The van der Waals surface area contributed by atoms with E-state index in [-0.39, 0.29) is 10.4 Å². The van der Waals surface area contributed by atoms with E-state index in [1.807, 2.05) is 6.92 Å². The Morgan fingerprint density at radius 1 is 0.418 bits per heavy atom. The van der Waals surface area contributed by atoms with Crippen LogP contribution in [0.3, 0.4) is 0 Å². The smallest absolute Gasteiger partial charge is 0.226 e. The number of aromatic nitrogens is 8. The molecule has 0 aliphatic carbocycles. The minimum absolute atomic E-state index is 0.118. The van der Waals surface area contributed by atoms with Gasteiger partial charge in [-0.3, -0.25) is 19.6 Å². The number of nitrogens with one attached hydrogen (secondary N) is 4. The SMILES string of the molecule is CN1CCCCC1.Cc1nc(NCCN2CCOCC2)c2nc(Cl)c(NCCN3CCOCC3)nc2n1.Clc1nc(NCCN2CCOCC2)c2nc(Cl)c(NCCN3CCOCC3)nc2n1. The zero-order valence-electron chi connectivity index (χ0n) is 39.1. The summed E-state index contributed by atoms with van der Waals surface area (Å²) in [6.07, 6.45) is 4.28. The van der Waals surface area contributed by atoms with Crippen molar-refractivity contribution in [3.05, 3.63) is 21.4 Å². The highest BCUT2D eigenvalue weighted by Crippen LogP contribution is 2.26. The van der Waals surface area contributed by atoms with E-state index in [0.29, 0.717) is 69.7 Å². The molecule has 0 bridgehead atoms. The average Bonchev–Trinajstić information content (AvgIpc) is 3.34. The molecule has 9 rings (SSSR count). The van der Waals surface area contributed by atoms with Gasteiger partial charge >= 0.3 is 0 Å². The van der Waals surface area contributed by atoms with Gasteiger partial charge in [-0.15, -0.1) is 0 Å². The van der Waals surface area contributed by atoms with E-state index in [1.165, 1.54) is 32.4 Å². The summed E-state index contributed by atoms with van der Waals surface area (Å²) in [5.41, 5.74) is 2.04. The van der Waals surface area contributed by atoms with Gasteiger partial charge in [-0.05, 0) is 51.5 Å². The van der Waals surface area contributed by atoms with Gasteiger partial charge in [0.15, 0.2) is 55.9 Å². The molecule has 4 N–H and O–H groups in total. The lowest BCUT2D eigenvalue weighted by Crippen LogP contribution is -2.39. The fourth-order valence-corrected chi connectivity index (χ4v) is 8.64. The van der Waals surface area contributed by atoms with E-state index in [2.05, 4.69) is 92.7 Å². The number of aryl methyl sites for hydroxylation is 1. The van der Waals surface area contributed by atoms with E-state index < -0.39 is 0 Å². The van der Waals surface area contributed by atoms with Gasteiger partial charge in [-0.2, -0.15) is 9.97 Å². The number of morpholine rings is 4. The molecule has 0 aromatic carbocycles. The summed E-state index contributed by atoms with van der Waals surface area (Å²) < 4.78 is 21.5. The highest BCUT2D eigenvalue weighted by Gasteiger charge is 2.18. The van der Waals surface area contributed by atoms with Crippen LogP contribution in [0.1, 0.15) is 25.1 Å². The normalized spacial score (nSPS) is 19.3. The number of hydrogen-bond donors (Lipinski definition) is 4. The fraction of sp³-hybridized carbons (Fsp3) is 0.721. The van der Waals surface area contributed by atoms with Crippen molar-refractivity contribution in [3.8, 4) is 0 Å². The zero-order chi connectivity index (χ0) is 46.6. The van der Waals surface area contributed by atoms with E-state index in [4.69, 9.17) is 53.8 Å². The number of piperidine rings is 1. The second kappa shape index (κ2) is 27.7. The van der Waals surface area contributed by atoms with Crippen LogP contribution in [0.2, 0.25) is 15.6 Å². The molecule has 4 aromatic rings. The molecule has 5 aliphatic heterocycles. The minimum atomic E-state index is 0.118. The van der Waals surface area contributed by atoms with E-state index in [1.54, 1.807) is 0 Å². The Hall–Kier alpha value is -3.45. The highest BCUT2D eigenvalue weighted by molar-refractivity contribution is 6.32. The van der Waals surface area contributed by atoms with Gasteiger partial charge in [0, 0.05) is 105 Å². The number of nitrogens with zero attached hydrogens (tertiary/aromatic N) is 13. The molecule has 5 saturated heterocycles. The second-order valence-electron chi connectivity index (χ2n) is 16.9. The fourth-order valence-electron chi connectivity index (χ4n) is 8.09. The predicted octanol–water partition coefficient (Wildman–Crippen LogP) is 3.19. The van der Waals surface area contributed by atoms with Gasteiger partial charge in [-0.1, -0.05) is 29.6 Å². The highest BCUT2D eigenvalue weighted by atomic mass is 35.5. The van der Waals surface area contributed by atoms with Crippen LogP contribution in [0.15, 0.2) is 0 Å². The Balaban J connectivity index is 0.000000173. The number of ether oxygens (including phenoxy) is 4. The maximum absolute atomic E-state index is 6.42. The van der Waals surface area contributed by atoms with Crippen molar-refractivity contribution in [2.75, 3.05) is 199 Å². The molecule has 0 unspecified atom stereocenters. The van der Waals surface area contributed by atoms with Crippen LogP contribution in [0.5, 0.6) is 0 Å².